The maximum atomic E-state index is 11.4. The van der Waals surface area contributed by atoms with Gasteiger partial charge in [0, 0.05) is 31.1 Å². The lowest BCUT2D eigenvalue weighted by molar-refractivity contribution is -0.124. The van der Waals surface area contributed by atoms with Crippen molar-refractivity contribution >= 4 is 17.2 Å². The number of nitrogens with one attached hydrogen (secondary N) is 1. The first-order chi connectivity index (χ1) is 8.08. The summed E-state index contributed by atoms with van der Waals surface area (Å²) in [5.74, 6) is -0.254. The monoisotopic (exact) mass is 254 g/mol. The molecule has 17 heavy (non-hydrogen) atoms. The molecule has 1 atom stereocenters. The average Bonchev–Trinajstić information content (AvgIpc) is 2.58. The van der Waals surface area contributed by atoms with Gasteiger partial charge in [-0.2, -0.15) is 0 Å². The molecule has 1 aromatic heterocycles. The van der Waals surface area contributed by atoms with Crippen LogP contribution in [0.15, 0.2) is 0 Å². The molecule has 1 aliphatic heterocycles. The van der Waals surface area contributed by atoms with Gasteiger partial charge in [-0.1, -0.05) is 0 Å². The van der Waals surface area contributed by atoms with Crippen LogP contribution in [0, 0.1) is 13.8 Å². The summed E-state index contributed by atoms with van der Waals surface area (Å²) in [5.41, 5.74) is 6.49. The number of carbonyl (C=O) groups is 1. The van der Waals surface area contributed by atoms with Crippen molar-refractivity contribution in [3.8, 4) is 0 Å². The summed E-state index contributed by atoms with van der Waals surface area (Å²) < 4.78 is 0. The van der Waals surface area contributed by atoms with E-state index >= 15 is 0 Å². The third kappa shape index (κ3) is 2.83. The van der Waals surface area contributed by atoms with Crippen LogP contribution in [-0.4, -0.2) is 41.5 Å². The quantitative estimate of drug-likeness (QED) is 0.797. The molecule has 1 aliphatic rings. The van der Waals surface area contributed by atoms with E-state index in [1.165, 1.54) is 4.88 Å². The Morgan fingerprint density at radius 1 is 1.65 bits per heavy atom. The predicted molar refractivity (Wildman–Crippen MR) is 67.9 cm³/mol. The third-order valence-corrected chi connectivity index (χ3v) is 4.09. The number of aryl methyl sites for hydroxylation is 2. The van der Waals surface area contributed by atoms with Gasteiger partial charge in [0.05, 0.1) is 10.7 Å². The highest BCUT2D eigenvalue weighted by atomic mass is 32.1. The summed E-state index contributed by atoms with van der Waals surface area (Å²) in [6.45, 7) is 7.19. The number of primary amides is 1. The van der Waals surface area contributed by atoms with Crippen LogP contribution in [0.2, 0.25) is 0 Å². The molecule has 0 spiro atoms. The molecule has 0 aromatic carbocycles. The lowest BCUT2D eigenvalue weighted by atomic mass is 10.1. The number of nitrogens with two attached hydrogens (primary N) is 1. The number of hydrogen-bond acceptors (Lipinski definition) is 5. The first-order valence-corrected chi connectivity index (χ1v) is 6.56. The molecule has 3 N–H and O–H groups in total. The van der Waals surface area contributed by atoms with Crippen LogP contribution in [-0.2, 0) is 11.3 Å². The molecule has 1 aromatic rings. The summed E-state index contributed by atoms with van der Waals surface area (Å²) >= 11 is 1.70. The van der Waals surface area contributed by atoms with Crippen LogP contribution in [0.25, 0.3) is 0 Å². The van der Waals surface area contributed by atoms with E-state index in [4.69, 9.17) is 5.73 Å². The van der Waals surface area contributed by atoms with Crippen molar-refractivity contribution < 1.29 is 4.79 Å². The van der Waals surface area contributed by atoms with E-state index in [1.54, 1.807) is 11.3 Å². The lowest BCUT2D eigenvalue weighted by Gasteiger charge is -2.33. The Morgan fingerprint density at radius 2 is 2.41 bits per heavy atom. The second kappa shape index (κ2) is 5.12. The standard InChI is InChI=1S/C11H18N4OS/c1-7-10(17-8(2)14-7)6-15-4-3-13-5-9(15)11(12)16/h9,13H,3-6H2,1-2H3,(H2,12,16). The minimum atomic E-state index is -0.254. The maximum absolute atomic E-state index is 11.4. The van der Waals surface area contributed by atoms with Gasteiger partial charge in [-0.15, -0.1) is 11.3 Å². The highest BCUT2D eigenvalue weighted by Gasteiger charge is 2.27. The van der Waals surface area contributed by atoms with Crippen molar-refractivity contribution in [1.29, 1.82) is 0 Å². The highest BCUT2D eigenvalue weighted by Crippen LogP contribution is 2.20. The molecule has 5 nitrogen and oxygen atoms in total. The maximum Gasteiger partial charge on any atom is 0.236 e. The van der Waals surface area contributed by atoms with Gasteiger partial charge in [-0.3, -0.25) is 9.69 Å². The zero-order valence-electron chi connectivity index (χ0n) is 10.2. The Labute approximate surface area is 105 Å². The van der Waals surface area contributed by atoms with Crippen LogP contribution < -0.4 is 11.1 Å². The molecule has 1 unspecified atom stereocenters. The van der Waals surface area contributed by atoms with Gasteiger partial charge >= 0.3 is 0 Å². The zero-order chi connectivity index (χ0) is 12.4. The van der Waals surface area contributed by atoms with Crippen molar-refractivity contribution in [3.05, 3.63) is 15.6 Å². The average molecular weight is 254 g/mol. The smallest absolute Gasteiger partial charge is 0.236 e. The Kier molecular flexibility index (Phi) is 3.76. The van der Waals surface area contributed by atoms with Crippen molar-refractivity contribution in [2.75, 3.05) is 19.6 Å². The summed E-state index contributed by atoms with van der Waals surface area (Å²) in [6.07, 6.45) is 0. The normalized spacial score (nSPS) is 21.6. The molecule has 0 bridgehead atoms. The molecule has 1 fully saturated rings. The SMILES string of the molecule is Cc1nc(C)c(CN2CCNCC2C(N)=O)s1. The minimum absolute atomic E-state index is 0.203. The molecule has 0 aliphatic carbocycles. The third-order valence-electron chi connectivity index (χ3n) is 3.03. The fourth-order valence-corrected chi connectivity index (χ4v) is 3.08. The fraction of sp³-hybridized carbons (Fsp3) is 0.636. The lowest BCUT2D eigenvalue weighted by Crippen LogP contribution is -2.56. The molecular formula is C11H18N4OS. The van der Waals surface area contributed by atoms with Gasteiger partial charge in [0.25, 0.3) is 0 Å². The summed E-state index contributed by atoms with van der Waals surface area (Å²) in [5, 5.41) is 4.27. The van der Waals surface area contributed by atoms with E-state index < -0.39 is 0 Å². The topological polar surface area (TPSA) is 71.2 Å². The summed E-state index contributed by atoms with van der Waals surface area (Å²) in [6, 6.07) is -0.203. The largest absolute Gasteiger partial charge is 0.368 e. The van der Waals surface area contributed by atoms with Crippen molar-refractivity contribution in [1.82, 2.24) is 15.2 Å². The van der Waals surface area contributed by atoms with Gasteiger partial charge in [-0.05, 0) is 13.8 Å². The number of piperazine rings is 1. The second-order valence-electron chi connectivity index (χ2n) is 4.33. The number of aromatic nitrogens is 1. The summed E-state index contributed by atoms with van der Waals surface area (Å²) in [7, 11) is 0. The van der Waals surface area contributed by atoms with Crippen LogP contribution in [0.5, 0.6) is 0 Å². The summed E-state index contributed by atoms with van der Waals surface area (Å²) in [4.78, 5) is 19.1. The van der Waals surface area contributed by atoms with E-state index in [0.717, 1.165) is 30.3 Å². The number of carbonyl (C=O) groups excluding carboxylic acids is 1. The fourth-order valence-electron chi connectivity index (χ4n) is 2.12. The first-order valence-electron chi connectivity index (χ1n) is 5.75. The van der Waals surface area contributed by atoms with Crippen molar-refractivity contribution in [2.45, 2.75) is 26.4 Å². The number of thiazole rings is 1. The molecular weight excluding hydrogens is 236 g/mol. The molecule has 6 heteroatoms. The van der Waals surface area contributed by atoms with E-state index in [2.05, 4.69) is 15.2 Å². The van der Waals surface area contributed by atoms with Gasteiger partial charge in [0.2, 0.25) is 5.91 Å². The zero-order valence-corrected chi connectivity index (χ0v) is 11.0. The van der Waals surface area contributed by atoms with Gasteiger partial charge < -0.3 is 11.1 Å². The highest BCUT2D eigenvalue weighted by molar-refractivity contribution is 7.11. The second-order valence-corrected chi connectivity index (χ2v) is 5.62. The molecule has 1 amide bonds. The van der Waals surface area contributed by atoms with E-state index in [0.29, 0.717) is 6.54 Å². The number of amides is 1. The Bertz CT molecular complexity index is 418. The van der Waals surface area contributed by atoms with E-state index in [-0.39, 0.29) is 11.9 Å². The number of rotatable bonds is 3. The van der Waals surface area contributed by atoms with Gasteiger partial charge in [-0.25, -0.2) is 4.98 Å². The molecule has 2 heterocycles. The van der Waals surface area contributed by atoms with Crippen LogP contribution in [0.3, 0.4) is 0 Å². The van der Waals surface area contributed by atoms with Gasteiger partial charge in [0.1, 0.15) is 6.04 Å². The predicted octanol–water partition coefficient (Wildman–Crippen LogP) is 0.0190. The Balaban J connectivity index is 2.10. The Morgan fingerprint density at radius 3 is 3.00 bits per heavy atom. The van der Waals surface area contributed by atoms with E-state index in [1.807, 2.05) is 13.8 Å². The minimum Gasteiger partial charge on any atom is -0.368 e. The molecule has 0 radical (unpaired) electrons. The van der Waals surface area contributed by atoms with Crippen LogP contribution in [0.4, 0.5) is 0 Å². The van der Waals surface area contributed by atoms with E-state index in [9.17, 15) is 4.79 Å². The number of hydrogen-bond donors (Lipinski definition) is 2. The first kappa shape index (κ1) is 12.5. The molecule has 94 valence electrons. The molecule has 1 saturated heterocycles. The van der Waals surface area contributed by atoms with Crippen molar-refractivity contribution in [3.63, 3.8) is 0 Å². The molecule has 2 rings (SSSR count). The number of nitrogens with zero attached hydrogens (tertiary/aromatic N) is 2. The van der Waals surface area contributed by atoms with Crippen LogP contribution >= 0.6 is 11.3 Å². The van der Waals surface area contributed by atoms with Gasteiger partial charge in [0.15, 0.2) is 0 Å². The van der Waals surface area contributed by atoms with Crippen LogP contribution in [0.1, 0.15) is 15.6 Å². The molecule has 0 saturated carbocycles. The Hall–Kier alpha value is -0.980. The van der Waals surface area contributed by atoms with Crippen molar-refractivity contribution in [2.24, 2.45) is 5.73 Å².